The maximum Gasteiger partial charge on any atom is 0.0475 e. The summed E-state index contributed by atoms with van der Waals surface area (Å²) in [6.45, 7) is 7.06. The minimum atomic E-state index is 0.271. The minimum absolute atomic E-state index is 0.271. The van der Waals surface area contributed by atoms with E-state index in [1.165, 1.54) is 49.7 Å². The molecule has 0 fully saturated rings. The summed E-state index contributed by atoms with van der Waals surface area (Å²) >= 11 is 6.62. The highest BCUT2D eigenvalue weighted by molar-refractivity contribution is 6.32. The molecule has 0 N–H and O–H groups in total. The second-order valence-electron chi connectivity index (χ2n) is 6.56. The highest BCUT2D eigenvalue weighted by Crippen LogP contribution is 2.45. The van der Waals surface area contributed by atoms with Crippen molar-refractivity contribution in [2.75, 3.05) is 0 Å². The second kappa shape index (κ2) is 3.75. The van der Waals surface area contributed by atoms with Gasteiger partial charge in [-0.1, -0.05) is 32.4 Å². The first-order chi connectivity index (χ1) is 8.00. The first kappa shape index (κ1) is 11.6. The molecule has 92 valence electrons. The van der Waals surface area contributed by atoms with E-state index < -0.39 is 0 Å². The van der Waals surface area contributed by atoms with Crippen LogP contribution < -0.4 is 0 Å². The van der Waals surface area contributed by atoms with Crippen molar-refractivity contribution in [3.63, 3.8) is 0 Å². The van der Waals surface area contributed by atoms with Crippen molar-refractivity contribution in [3.8, 4) is 0 Å². The molecule has 1 heteroatoms. The van der Waals surface area contributed by atoms with Crippen LogP contribution in [0.2, 0.25) is 5.02 Å². The Bertz CT molecular complexity index is 442. The molecule has 0 saturated heterocycles. The van der Waals surface area contributed by atoms with Crippen LogP contribution in [0.15, 0.2) is 0 Å². The minimum Gasteiger partial charge on any atom is -0.0837 e. The van der Waals surface area contributed by atoms with Gasteiger partial charge in [-0.3, -0.25) is 0 Å². The normalized spacial score (nSPS) is 18.4. The van der Waals surface area contributed by atoms with E-state index in [-0.39, 0.29) is 5.41 Å². The summed E-state index contributed by atoms with van der Waals surface area (Å²) < 4.78 is 0. The van der Waals surface area contributed by atoms with Gasteiger partial charge in [-0.05, 0) is 71.8 Å². The van der Waals surface area contributed by atoms with E-state index in [4.69, 9.17) is 11.6 Å². The van der Waals surface area contributed by atoms with Crippen LogP contribution in [0.25, 0.3) is 0 Å². The lowest BCUT2D eigenvalue weighted by Crippen LogP contribution is -2.18. The Kier molecular flexibility index (Phi) is 2.56. The largest absolute Gasteiger partial charge is 0.0837 e. The summed E-state index contributed by atoms with van der Waals surface area (Å²) in [6.07, 6.45) is 7.47. The molecule has 0 bridgehead atoms. The van der Waals surface area contributed by atoms with Gasteiger partial charge >= 0.3 is 0 Å². The first-order valence-electron chi connectivity index (χ1n) is 6.85. The third-order valence-corrected chi connectivity index (χ3v) is 4.78. The molecule has 0 aliphatic heterocycles. The lowest BCUT2D eigenvalue weighted by molar-refractivity contribution is 0.577. The fourth-order valence-corrected chi connectivity index (χ4v) is 4.21. The van der Waals surface area contributed by atoms with Crippen molar-refractivity contribution in [1.82, 2.24) is 0 Å². The van der Waals surface area contributed by atoms with Gasteiger partial charge in [0, 0.05) is 5.02 Å². The maximum atomic E-state index is 6.62. The Morgan fingerprint density at radius 2 is 1.18 bits per heavy atom. The SMILES string of the molecule is CC(C)(C)c1c2c(c(Cl)c3c1CCC3)CCC2. The van der Waals surface area contributed by atoms with Gasteiger partial charge in [0.25, 0.3) is 0 Å². The molecule has 3 rings (SSSR count). The first-order valence-corrected chi connectivity index (χ1v) is 7.23. The van der Waals surface area contributed by atoms with Crippen LogP contribution in [-0.4, -0.2) is 0 Å². The Morgan fingerprint density at radius 1 is 0.765 bits per heavy atom. The van der Waals surface area contributed by atoms with Gasteiger partial charge in [-0.2, -0.15) is 0 Å². The third-order valence-electron chi connectivity index (χ3n) is 4.32. The third kappa shape index (κ3) is 1.64. The van der Waals surface area contributed by atoms with Gasteiger partial charge in [0.05, 0.1) is 0 Å². The Hall–Kier alpha value is -0.490. The number of halogens is 1. The highest BCUT2D eigenvalue weighted by Gasteiger charge is 2.32. The maximum absolute atomic E-state index is 6.62. The summed E-state index contributed by atoms with van der Waals surface area (Å²) in [5.41, 5.74) is 8.08. The summed E-state index contributed by atoms with van der Waals surface area (Å²) in [7, 11) is 0. The van der Waals surface area contributed by atoms with Gasteiger partial charge in [0.15, 0.2) is 0 Å². The Balaban J connectivity index is 2.34. The summed E-state index contributed by atoms with van der Waals surface area (Å²) in [4.78, 5) is 0. The molecule has 2 aliphatic rings. The van der Waals surface area contributed by atoms with Crippen molar-refractivity contribution in [2.45, 2.75) is 64.7 Å². The van der Waals surface area contributed by atoms with Crippen LogP contribution >= 0.6 is 11.6 Å². The van der Waals surface area contributed by atoms with E-state index in [0.29, 0.717) is 0 Å². The standard InChI is InChI=1S/C16H21Cl/c1-16(2,3)14-10-6-4-8-12(10)15(17)13-9-5-7-11(13)14/h4-9H2,1-3H3. The molecule has 0 radical (unpaired) electrons. The molecule has 0 spiro atoms. The van der Waals surface area contributed by atoms with Crippen molar-refractivity contribution in [2.24, 2.45) is 0 Å². The molecule has 1 aromatic carbocycles. The highest BCUT2D eigenvalue weighted by atomic mass is 35.5. The molecule has 0 aromatic heterocycles. The van der Waals surface area contributed by atoms with Gasteiger partial charge in [-0.15, -0.1) is 0 Å². The predicted molar refractivity (Wildman–Crippen MR) is 74.2 cm³/mol. The zero-order valence-electron chi connectivity index (χ0n) is 11.1. The van der Waals surface area contributed by atoms with Crippen molar-refractivity contribution >= 4 is 11.6 Å². The van der Waals surface area contributed by atoms with E-state index in [0.717, 1.165) is 5.02 Å². The molecule has 0 heterocycles. The molecule has 0 unspecified atom stereocenters. The topological polar surface area (TPSA) is 0 Å². The number of rotatable bonds is 0. The summed E-state index contributed by atoms with van der Waals surface area (Å²) in [6, 6.07) is 0. The van der Waals surface area contributed by atoms with Crippen LogP contribution in [0.4, 0.5) is 0 Å². The van der Waals surface area contributed by atoms with Crippen LogP contribution in [0.1, 0.15) is 61.4 Å². The van der Waals surface area contributed by atoms with Gasteiger partial charge < -0.3 is 0 Å². The van der Waals surface area contributed by atoms with E-state index in [1.54, 1.807) is 16.7 Å². The second-order valence-corrected chi connectivity index (χ2v) is 6.94. The van der Waals surface area contributed by atoms with Crippen molar-refractivity contribution in [1.29, 1.82) is 0 Å². The summed E-state index contributed by atoms with van der Waals surface area (Å²) in [5.74, 6) is 0. The number of hydrogen-bond acceptors (Lipinski definition) is 0. The summed E-state index contributed by atoms with van der Waals surface area (Å²) in [5, 5.41) is 1.12. The molecule has 1 aromatic rings. The molecule has 0 atom stereocenters. The molecular formula is C16H21Cl. The average molecular weight is 249 g/mol. The predicted octanol–water partition coefficient (Wildman–Crippen LogP) is 4.61. The van der Waals surface area contributed by atoms with Crippen molar-refractivity contribution < 1.29 is 0 Å². The van der Waals surface area contributed by atoms with Crippen molar-refractivity contribution in [3.05, 3.63) is 32.8 Å². The number of fused-ring (bicyclic) bond motifs is 2. The molecule has 0 saturated carbocycles. The molecular weight excluding hydrogens is 228 g/mol. The Labute approximate surface area is 109 Å². The van der Waals surface area contributed by atoms with Crippen LogP contribution in [0.5, 0.6) is 0 Å². The van der Waals surface area contributed by atoms with Gasteiger partial charge in [0.2, 0.25) is 0 Å². The zero-order valence-corrected chi connectivity index (χ0v) is 11.9. The van der Waals surface area contributed by atoms with E-state index >= 15 is 0 Å². The quantitative estimate of drug-likeness (QED) is 0.629. The molecule has 0 amide bonds. The average Bonchev–Trinajstić information content (AvgIpc) is 2.83. The fourth-order valence-electron chi connectivity index (χ4n) is 3.79. The van der Waals surface area contributed by atoms with E-state index in [1.807, 2.05) is 0 Å². The number of hydrogen-bond donors (Lipinski definition) is 0. The lowest BCUT2D eigenvalue weighted by atomic mass is 9.78. The lowest BCUT2D eigenvalue weighted by Gasteiger charge is -2.27. The van der Waals surface area contributed by atoms with Crippen LogP contribution in [-0.2, 0) is 31.1 Å². The van der Waals surface area contributed by atoms with Crippen LogP contribution in [0, 0.1) is 0 Å². The van der Waals surface area contributed by atoms with Gasteiger partial charge in [0.1, 0.15) is 0 Å². The Morgan fingerprint density at radius 3 is 1.59 bits per heavy atom. The van der Waals surface area contributed by atoms with Gasteiger partial charge in [-0.25, -0.2) is 0 Å². The molecule has 2 aliphatic carbocycles. The zero-order chi connectivity index (χ0) is 12.2. The molecule has 17 heavy (non-hydrogen) atoms. The fraction of sp³-hybridized carbons (Fsp3) is 0.625. The smallest absolute Gasteiger partial charge is 0.0475 e. The number of benzene rings is 1. The molecule has 0 nitrogen and oxygen atoms in total. The monoisotopic (exact) mass is 248 g/mol. The van der Waals surface area contributed by atoms with E-state index in [9.17, 15) is 0 Å². The van der Waals surface area contributed by atoms with E-state index in [2.05, 4.69) is 20.8 Å². The van der Waals surface area contributed by atoms with Crippen LogP contribution in [0.3, 0.4) is 0 Å².